The molecule has 0 heterocycles. The van der Waals surface area contributed by atoms with Gasteiger partial charge in [-0.25, -0.2) is 0 Å². The van der Waals surface area contributed by atoms with Crippen LogP contribution >= 0.6 is 0 Å². The zero-order valence-corrected chi connectivity index (χ0v) is 12.0. The van der Waals surface area contributed by atoms with Crippen molar-refractivity contribution in [2.75, 3.05) is 0 Å². The average Bonchev–Trinajstić information content (AvgIpc) is 2.11. The number of hydrogen-bond donors (Lipinski definition) is 4. The van der Waals surface area contributed by atoms with Gasteiger partial charge in [-0.15, -0.1) is 0 Å². The van der Waals surface area contributed by atoms with Gasteiger partial charge in [0.25, 0.3) is 0 Å². The molecule has 0 bridgehead atoms. The predicted molar refractivity (Wildman–Crippen MR) is 49.1 cm³/mol. The monoisotopic (exact) mass is 435 g/mol. The van der Waals surface area contributed by atoms with Crippen molar-refractivity contribution in [2.24, 2.45) is 5.73 Å². The van der Waals surface area contributed by atoms with E-state index in [1.165, 1.54) is 18.2 Å². The van der Waals surface area contributed by atoms with Crippen LogP contribution < -0.4 is 5.73 Å². The number of benzene rings is 1. The first-order valence-electron chi connectivity index (χ1n) is 4.00. The topological polar surface area (TPSA) is 104 Å². The van der Waals surface area contributed by atoms with Crippen LogP contribution in [-0.4, -0.2) is 27.3 Å². The van der Waals surface area contributed by atoms with E-state index in [0.29, 0.717) is 5.56 Å². The number of aliphatic carboxylic acids is 1. The quantitative estimate of drug-likeness (QED) is 0.503. The summed E-state index contributed by atoms with van der Waals surface area (Å²) < 4.78 is 0. The number of carbonyl (C=O) groups is 1. The molecule has 0 amide bonds. The van der Waals surface area contributed by atoms with Gasteiger partial charge in [0.1, 0.15) is 6.04 Å². The fourth-order valence-electron chi connectivity index (χ4n) is 1.04. The molecule has 0 spiro atoms. The molecule has 0 saturated heterocycles. The van der Waals surface area contributed by atoms with Crippen molar-refractivity contribution < 1.29 is 51.2 Å². The SMILES string of the molecule is N[C@@H](Cc1ccc(O)c(O)c1)C(=O)O.[U]. The van der Waals surface area contributed by atoms with Crippen molar-refractivity contribution in [1.82, 2.24) is 0 Å². The summed E-state index contributed by atoms with van der Waals surface area (Å²) in [6.45, 7) is 0. The summed E-state index contributed by atoms with van der Waals surface area (Å²) in [5, 5.41) is 26.6. The molecular weight excluding hydrogens is 424 g/mol. The van der Waals surface area contributed by atoms with Gasteiger partial charge >= 0.3 is 5.97 Å². The molecule has 15 heavy (non-hydrogen) atoms. The summed E-state index contributed by atoms with van der Waals surface area (Å²) in [4.78, 5) is 10.4. The molecule has 5 nitrogen and oxygen atoms in total. The second kappa shape index (κ2) is 6.01. The molecule has 1 rings (SSSR count). The number of aromatic hydroxyl groups is 2. The second-order valence-electron chi connectivity index (χ2n) is 2.97. The third kappa shape index (κ3) is 4.12. The normalized spacial score (nSPS) is 11.5. The Kier molecular flexibility index (Phi) is 5.73. The van der Waals surface area contributed by atoms with Gasteiger partial charge in [0.15, 0.2) is 11.5 Å². The molecule has 5 N–H and O–H groups in total. The Morgan fingerprint density at radius 2 is 1.93 bits per heavy atom. The molecule has 6 heteroatoms. The number of carboxylic acids is 1. The van der Waals surface area contributed by atoms with Crippen LogP contribution in [0.4, 0.5) is 0 Å². The van der Waals surface area contributed by atoms with E-state index >= 15 is 0 Å². The molecule has 1 aromatic rings. The number of phenolic OH excluding ortho intramolecular Hbond substituents is 2. The van der Waals surface area contributed by atoms with Gasteiger partial charge in [0.05, 0.1) is 0 Å². The third-order valence-corrected chi connectivity index (χ3v) is 1.81. The van der Waals surface area contributed by atoms with Gasteiger partial charge in [-0.3, -0.25) is 4.79 Å². The summed E-state index contributed by atoms with van der Waals surface area (Å²) in [7, 11) is 0. The molecule has 0 fully saturated rings. The summed E-state index contributed by atoms with van der Waals surface area (Å²) in [5.41, 5.74) is 5.86. The molecule has 0 aliphatic carbocycles. The van der Waals surface area contributed by atoms with Crippen LogP contribution in [0.15, 0.2) is 18.2 Å². The molecule has 1 aromatic carbocycles. The fourth-order valence-corrected chi connectivity index (χ4v) is 1.04. The second-order valence-corrected chi connectivity index (χ2v) is 2.97. The molecule has 1 atom stereocenters. The zero-order valence-electron chi connectivity index (χ0n) is 7.84. The Labute approximate surface area is 110 Å². The first-order valence-corrected chi connectivity index (χ1v) is 4.00. The maximum absolute atomic E-state index is 10.4. The number of rotatable bonds is 3. The number of hydrogen-bond acceptors (Lipinski definition) is 4. The Balaban J connectivity index is 0.00000196. The van der Waals surface area contributed by atoms with Gasteiger partial charge in [0.2, 0.25) is 0 Å². The molecule has 0 aliphatic rings. The van der Waals surface area contributed by atoms with Crippen molar-refractivity contribution in [3.8, 4) is 11.5 Å². The van der Waals surface area contributed by atoms with E-state index in [-0.39, 0.29) is 49.0 Å². The Bertz CT molecular complexity index is 356. The smallest absolute Gasteiger partial charge is 0.320 e. The Morgan fingerprint density at radius 3 is 2.40 bits per heavy atom. The first-order chi connectivity index (χ1) is 6.50. The van der Waals surface area contributed by atoms with Crippen molar-refractivity contribution in [1.29, 1.82) is 0 Å². The van der Waals surface area contributed by atoms with Gasteiger partial charge in [0, 0.05) is 31.1 Å². The minimum Gasteiger partial charge on any atom is -0.504 e. The molecule has 0 saturated carbocycles. The van der Waals surface area contributed by atoms with Crippen molar-refractivity contribution in [2.45, 2.75) is 12.5 Å². The van der Waals surface area contributed by atoms with Crippen LogP contribution in [0.3, 0.4) is 0 Å². The van der Waals surface area contributed by atoms with Gasteiger partial charge in [-0.1, -0.05) is 6.07 Å². The van der Waals surface area contributed by atoms with E-state index in [0.717, 1.165) is 0 Å². The molecule has 80 valence electrons. The number of phenols is 2. The maximum Gasteiger partial charge on any atom is 0.320 e. The van der Waals surface area contributed by atoms with Crippen LogP contribution in [0, 0.1) is 31.1 Å². The molecule has 0 aromatic heterocycles. The number of carboxylic acid groups (broad SMARTS) is 1. The number of nitrogens with two attached hydrogens (primary N) is 1. The van der Waals surface area contributed by atoms with Crippen molar-refractivity contribution in [3.63, 3.8) is 0 Å². The van der Waals surface area contributed by atoms with Gasteiger partial charge in [-0.05, 0) is 24.1 Å². The van der Waals surface area contributed by atoms with Crippen LogP contribution in [-0.2, 0) is 11.2 Å². The third-order valence-electron chi connectivity index (χ3n) is 1.81. The summed E-state index contributed by atoms with van der Waals surface area (Å²) in [6, 6.07) is 3.09. The summed E-state index contributed by atoms with van der Waals surface area (Å²) in [5.74, 6) is -1.62. The fraction of sp³-hybridized carbons (Fsp3) is 0.222. The zero-order chi connectivity index (χ0) is 10.7. The van der Waals surface area contributed by atoms with E-state index in [9.17, 15) is 4.79 Å². The summed E-state index contributed by atoms with van der Waals surface area (Å²) >= 11 is 0. The Morgan fingerprint density at radius 1 is 1.33 bits per heavy atom. The molecule has 0 unspecified atom stereocenters. The van der Waals surface area contributed by atoms with Crippen LogP contribution in [0.25, 0.3) is 0 Å². The van der Waals surface area contributed by atoms with E-state index in [4.69, 9.17) is 21.1 Å². The van der Waals surface area contributed by atoms with E-state index in [1.807, 2.05) is 0 Å². The average molecular weight is 435 g/mol. The van der Waals surface area contributed by atoms with Crippen molar-refractivity contribution >= 4 is 5.97 Å². The van der Waals surface area contributed by atoms with Crippen LogP contribution in [0.1, 0.15) is 5.56 Å². The minimum atomic E-state index is -1.10. The first kappa shape index (κ1) is 14.3. The summed E-state index contributed by atoms with van der Waals surface area (Å²) in [6.07, 6.45) is 0.114. The molecular formula is C9H11NO4U. The van der Waals surface area contributed by atoms with Crippen molar-refractivity contribution in [3.05, 3.63) is 23.8 Å². The van der Waals surface area contributed by atoms with Crippen LogP contribution in [0.2, 0.25) is 0 Å². The van der Waals surface area contributed by atoms with E-state index in [1.54, 1.807) is 0 Å². The Hall–Kier alpha value is -0.698. The molecule has 0 radical (unpaired) electrons. The maximum atomic E-state index is 10.4. The van der Waals surface area contributed by atoms with Crippen LogP contribution in [0.5, 0.6) is 11.5 Å². The van der Waals surface area contributed by atoms with Gasteiger partial charge in [-0.2, -0.15) is 0 Å². The van der Waals surface area contributed by atoms with E-state index in [2.05, 4.69) is 0 Å². The van der Waals surface area contributed by atoms with E-state index < -0.39 is 12.0 Å². The minimum absolute atomic E-state index is 0. The largest absolute Gasteiger partial charge is 0.504 e. The molecule has 0 aliphatic heterocycles. The van der Waals surface area contributed by atoms with Gasteiger partial charge < -0.3 is 21.1 Å². The predicted octanol–water partition coefficient (Wildman–Crippen LogP) is 0.0522. The standard InChI is InChI=1S/C9H11NO4.U/c10-6(9(13)14)3-5-1-2-7(11)8(12)4-5;/h1-2,4,6,11-12H,3,10H2,(H,13,14);/t6-;/m0./s1.